The van der Waals surface area contributed by atoms with Gasteiger partial charge >= 0.3 is 6.18 Å². The first-order chi connectivity index (χ1) is 13.1. The molecule has 0 unspecified atom stereocenters. The van der Waals surface area contributed by atoms with Crippen LogP contribution < -0.4 is 10.2 Å². The lowest BCUT2D eigenvalue weighted by atomic mass is 10.1. The van der Waals surface area contributed by atoms with Crippen molar-refractivity contribution in [1.82, 2.24) is 4.57 Å². The molecule has 8 heteroatoms. The number of carbonyl (C=O) groups is 1. The van der Waals surface area contributed by atoms with E-state index in [9.17, 15) is 18.0 Å². The van der Waals surface area contributed by atoms with Crippen molar-refractivity contribution >= 4 is 44.1 Å². The SMILES string of the molecule is Cc1c(Br)c2ccccc2n1CC(=O)Nc1ccc(N(C)C)cc1C(F)(F)F. The third kappa shape index (κ3) is 3.87. The van der Waals surface area contributed by atoms with E-state index in [1.165, 1.54) is 12.1 Å². The molecular weight excluding hydrogens is 435 g/mol. The number of nitrogens with zero attached hydrogens (tertiary/aromatic N) is 2. The molecule has 3 aromatic rings. The quantitative estimate of drug-likeness (QED) is 0.571. The van der Waals surface area contributed by atoms with Crippen molar-refractivity contribution in [2.75, 3.05) is 24.3 Å². The number of hydrogen-bond acceptors (Lipinski definition) is 2. The number of aromatic nitrogens is 1. The van der Waals surface area contributed by atoms with E-state index in [2.05, 4.69) is 21.2 Å². The van der Waals surface area contributed by atoms with E-state index in [-0.39, 0.29) is 12.2 Å². The number of nitrogens with one attached hydrogen (secondary N) is 1. The number of hydrogen-bond donors (Lipinski definition) is 1. The molecule has 0 aliphatic rings. The Morgan fingerprint density at radius 3 is 2.50 bits per heavy atom. The van der Waals surface area contributed by atoms with Gasteiger partial charge in [-0.25, -0.2) is 0 Å². The molecule has 1 amide bonds. The van der Waals surface area contributed by atoms with Crippen LogP contribution in [-0.4, -0.2) is 24.6 Å². The van der Waals surface area contributed by atoms with E-state index >= 15 is 0 Å². The summed E-state index contributed by atoms with van der Waals surface area (Å²) in [4.78, 5) is 14.1. The van der Waals surface area contributed by atoms with Crippen LogP contribution in [0.5, 0.6) is 0 Å². The molecule has 0 fully saturated rings. The molecular formula is C20H19BrF3N3O. The predicted molar refractivity (Wildman–Crippen MR) is 109 cm³/mol. The molecule has 0 spiro atoms. The van der Waals surface area contributed by atoms with Crippen LogP contribution in [0.25, 0.3) is 10.9 Å². The summed E-state index contributed by atoms with van der Waals surface area (Å²) < 4.78 is 43.0. The highest BCUT2D eigenvalue weighted by Gasteiger charge is 2.34. The van der Waals surface area contributed by atoms with E-state index < -0.39 is 17.6 Å². The molecule has 0 saturated carbocycles. The van der Waals surface area contributed by atoms with Crippen molar-refractivity contribution in [3.8, 4) is 0 Å². The number of carbonyl (C=O) groups excluding carboxylic acids is 1. The molecule has 0 atom stereocenters. The summed E-state index contributed by atoms with van der Waals surface area (Å²) >= 11 is 3.51. The smallest absolute Gasteiger partial charge is 0.378 e. The lowest BCUT2D eigenvalue weighted by Gasteiger charge is -2.19. The summed E-state index contributed by atoms with van der Waals surface area (Å²) in [5.41, 5.74) is 0.941. The van der Waals surface area contributed by atoms with Gasteiger partial charge in [0, 0.05) is 40.9 Å². The van der Waals surface area contributed by atoms with Gasteiger partial charge in [-0.2, -0.15) is 13.2 Å². The Hall–Kier alpha value is -2.48. The second kappa shape index (κ2) is 7.50. The molecule has 28 heavy (non-hydrogen) atoms. The van der Waals surface area contributed by atoms with Crippen molar-refractivity contribution in [1.29, 1.82) is 0 Å². The zero-order chi connectivity index (χ0) is 20.6. The predicted octanol–water partition coefficient (Wildman–Crippen LogP) is 5.44. The lowest BCUT2D eigenvalue weighted by molar-refractivity contribution is -0.136. The number of anilines is 2. The number of fused-ring (bicyclic) bond motifs is 1. The lowest BCUT2D eigenvalue weighted by Crippen LogP contribution is -2.22. The van der Waals surface area contributed by atoms with E-state index in [0.29, 0.717) is 5.69 Å². The molecule has 0 aliphatic heterocycles. The Labute approximate surface area is 169 Å². The molecule has 0 aliphatic carbocycles. The average molecular weight is 454 g/mol. The van der Waals surface area contributed by atoms with Crippen LogP contribution in [-0.2, 0) is 17.5 Å². The van der Waals surface area contributed by atoms with Gasteiger partial charge in [-0.05, 0) is 47.1 Å². The number of para-hydroxylation sites is 1. The highest BCUT2D eigenvalue weighted by molar-refractivity contribution is 9.10. The molecule has 3 rings (SSSR count). The molecule has 0 radical (unpaired) electrons. The number of benzene rings is 2. The molecule has 0 saturated heterocycles. The average Bonchev–Trinajstić information content (AvgIpc) is 2.86. The summed E-state index contributed by atoms with van der Waals surface area (Å²) in [7, 11) is 3.32. The van der Waals surface area contributed by atoms with E-state index in [0.717, 1.165) is 27.1 Å². The van der Waals surface area contributed by atoms with Gasteiger partial charge in [0.2, 0.25) is 5.91 Å². The number of halogens is 4. The van der Waals surface area contributed by atoms with Crippen molar-refractivity contribution in [2.45, 2.75) is 19.6 Å². The fourth-order valence-corrected chi connectivity index (χ4v) is 3.63. The molecule has 1 N–H and O–H groups in total. The van der Waals surface area contributed by atoms with Gasteiger partial charge in [-0.3, -0.25) is 4.79 Å². The van der Waals surface area contributed by atoms with Gasteiger partial charge < -0.3 is 14.8 Å². The van der Waals surface area contributed by atoms with Crippen molar-refractivity contribution < 1.29 is 18.0 Å². The minimum absolute atomic E-state index is 0.0926. The third-order valence-electron chi connectivity index (χ3n) is 4.55. The minimum atomic E-state index is -4.58. The van der Waals surface area contributed by atoms with Gasteiger partial charge in [0.05, 0.1) is 11.3 Å². The summed E-state index contributed by atoms with van der Waals surface area (Å²) in [6.07, 6.45) is -4.58. The largest absolute Gasteiger partial charge is 0.418 e. The monoisotopic (exact) mass is 453 g/mol. The first kappa shape index (κ1) is 20.3. The van der Waals surface area contributed by atoms with Crippen LogP contribution in [0.15, 0.2) is 46.9 Å². The fourth-order valence-electron chi connectivity index (χ4n) is 3.08. The van der Waals surface area contributed by atoms with Gasteiger partial charge in [-0.1, -0.05) is 18.2 Å². The Morgan fingerprint density at radius 2 is 1.86 bits per heavy atom. The van der Waals surface area contributed by atoms with Crippen LogP contribution in [0, 0.1) is 6.92 Å². The van der Waals surface area contributed by atoms with Gasteiger partial charge in [0.1, 0.15) is 6.54 Å². The van der Waals surface area contributed by atoms with Gasteiger partial charge in [0.25, 0.3) is 0 Å². The third-order valence-corrected chi connectivity index (χ3v) is 5.56. The van der Waals surface area contributed by atoms with E-state index in [1.807, 2.05) is 31.2 Å². The molecule has 1 heterocycles. The maximum atomic E-state index is 13.5. The van der Waals surface area contributed by atoms with Crippen molar-refractivity contribution in [2.24, 2.45) is 0 Å². The van der Waals surface area contributed by atoms with Gasteiger partial charge in [0.15, 0.2) is 0 Å². The highest BCUT2D eigenvalue weighted by atomic mass is 79.9. The normalized spacial score (nSPS) is 11.7. The summed E-state index contributed by atoms with van der Waals surface area (Å²) in [6.45, 7) is 1.76. The minimum Gasteiger partial charge on any atom is -0.378 e. The summed E-state index contributed by atoms with van der Waals surface area (Å²) in [5, 5.41) is 3.36. The molecule has 4 nitrogen and oxygen atoms in total. The molecule has 1 aromatic heterocycles. The number of rotatable bonds is 4. The summed E-state index contributed by atoms with van der Waals surface area (Å²) in [5.74, 6) is -0.528. The number of amides is 1. The van der Waals surface area contributed by atoms with Crippen LogP contribution in [0.3, 0.4) is 0 Å². The highest BCUT2D eigenvalue weighted by Crippen LogP contribution is 2.37. The van der Waals surface area contributed by atoms with Crippen LogP contribution in [0.4, 0.5) is 24.5 Å². The standard InChI is InChI=1S/C20H19BrF3N3O/c1-12-19(21)14-6-4-5-7-17(14)27(12)11-18(28)25-16-9-8-13(26(2)3)10-15(16)20(22,23)24/h4-10H,11H2,1-3H3,(H,25,28). The zero-order valence-corrected chi connectivity index (χ0v) is 17.1. The second-order valence-corrected chi connectivity index (χ2v) is 7.47. The van der Waals surface area contributed by atoms with Gasteiger partial charge in [-0.15, -0.1) is 0 Å². The topological polar surface area (TPSA) is 37.3 Å². The van der Waals surface area contributed by atoms with Crippen LogP contribution in [0.2, 0.25) is 0 Å². The first-order valence-corrected chi connectivity index (χ1v) is 9.30. The van der Waals surface area contributed by atoms with Crippen molar-refractivity contribution in [3.05, 3.63) is 58.2 Å². The van der Waals surface area contributed by atoms with Crippen LogP contribution >= 0.6 is 15.9 Å². The van der Waals surface area contributed by atoms with Crippen molar-refractivity contribution in [3.63, 3.8) is 0 Å². The van der Waals surface area contributed by atoms with E-state index in [1.54, 1.807) is 23.6 Å². The fraction of sp³-hybridized carbons (Fsp3) is 0.250. The zero-order valence-electron chi connectivity index (χ0n) is 15.6. The molecule has 2 aromatic carbocycles. The Balaban J connectivity index is 1.92. The molecule has 0 bridgehead atoms. The Bertz CT molecular complexity index is 1040. The first-order valence-electron chi connectivity index (χ1n) is 8.51. The second-order valence-electron chi connectivity index (χ2n) is 6.67. The molecule has 148 valence electrons. The Kier molecular flexibility index (Phi) is 5.43. The summed E-state index contributed by atoms with van der Waals surface area (Å²) in [6, 6.07) is 11.4. The Morgan fingerprint density at radius 1 is 1.18 bits per heavy atom. The number of alkyl halides is 3. The maximum absolute atomic E-state index is 13.5. The van der Waals surface area contributed by atoms with Crippen LogP contribution in [0.1, 0.15) is 11.3 Å². The maximum Gasteiger partial charge on any atom is 0.418 e. The van der Waals surface area contributed by atoms with E-state index in [4.69, 9.17) is 0 Å².